The number of rotatable bonds is 0. The van der Waals surface area contributed by atoms with Crippen molar-refractivity contribution in [2.75, 3.05) is 0 Å². The molecule has 0 atom stereocenters. The monoisotopic (exact) mass is 300 g/mol. The van der Waals surface area contributed by atoms with Crippen LogP contribution in [0.1, 0.15) is 79.0 Å². The molecule has 0 aliphatic carbocycles. The predicted octanol–water partition coefficient (Wildman–Crippen LogP) is 1.66. The largest absolute Gasteiger partial charge is 1.00 e. The Morgan fingerprint density at radius 3 is 1.35 bits per heavy atom. The summed E-state index contributed by atoms with van der Waals surface area (Å²) in [7, 11) is 0. The van der Waals surface area contributed by atoms with Crippen LogP contribution in [0.5, 0.6) is 5.75 Å². The Kier molecular flexibility index (Phi) is 6.63. The van der Waals surface area contributed by atoms with Crippen LogP contribution in [-0.2, 0) is 16.2 Å². The second-order valence-corrected chi connectivity index (χ2v) is 8.61. The van der Waals surface area contributed by atoms with Crippen molar-refractivity contribution in [3.05, 3.63) is 28.8 Å². The van der Waals surface area contributed by atoms with Crippen LogP contribution in [0, 0.1) is 0 Å². The van der Waals surface area contributed by atoms with Crippen molar-refractivity contribution in [3.63, 3.8) is 0 Å². The topological polar surface area (TPSA) is 23.1 Å². The van der Waals surface area contributed by atoms with E-state index in [9.17, 15) is 5.11 Å². The van der Waals surface area contributed by atoms with Crippen molar-refractivity contribution in [2.45, 2.75) is 78.6 Å². The van der Waals surface area contributed by atoms with Crippen molar-refractivity contribution >= 4 is 0 Å². The smallest absolute Gasteiger partial charge is 0.872 e. The molecule has 0 saturated heterocycles. The fourth-order valence-electron chi connectivity index (χ4n) is 2.73. The first-order chi connectivity index (χ1) is 8.26. The van der Waals surface area contributed by atoms with E-state index in [-0.39, 0.29) is 73.4 Å². The molecule has 0 unspecified atom stereocenters. The molecule has 0 N–H and O–H groups in total. The minimum Gasteiger partial charge on any atom is -0.872 e. The second kappa shape index (κ2) is 6.42. The van der Waals surface area contributed by atoms with E-state index in [2.05, 4.69) is 62.3 Å². The molecule has 0 aliphatic rings. The molecule has 1 nitrogen and oxygen atoms in total. The summed E-state index contributed by atoms with van der Waals surface area (Å²) in [5, 5.41) is 12.4. The summed E-state index contributed by atoms with van der Waals surface area (Å²) in [6.07, 6.45) is 0. The van der Waals surface area contributed by atoms with Crippen LogP contribution < -0.4 is 56.5 Å². The third kappa shape index (κ3) is 4.57. The van der Waals surface area contributed by atoms with Crippen LogP contribution in [0.25, 0.3) is 0 Å². The molecular weight excluding hydrogens is 271 g/mol. The van der Waals surface area contributed by atoms with Gasteiger partial charge < -0.3 is 5.11 Å². The third-order valence-corrected chi connectivity index (χ3v) is 3.48. The third-order valence-electron chi connectivity index (χ3n) is 3.48. The molecule has 0 aliphatic heterocycles. The number of benzene rings is 1. The van der Waals surface area contributed by atoms with E-state index in [4.69, 9.17) is 0 Å². The van der Waals surface area contributed by atoms with Gasteiger partial charge in [-0.05, 0) is 32.9 Å². The summed E-state index contributed by atoms with van der Waals surface area (Å²) in [5.74, 6) is 0.172. The zero-order chi connectivity index (χ0) is 15.2. The Balaban J connectivity index is 0.00000361. The summed E-state index contributed by atoms with van der Waals surface area (Å²) in [6.45, 7) is 19.6. The molecule has 20 heavy (non-hydrogen) atoms. The van der Waals surface area contributed by atoms with Crippen molar-refractivity contribution in [1.82, 2.24) is 0 Å². The number of hydrogen-bond donors (Lipinski definition) is 0. The van der Waals surface area contributed by atoms with E-state index < -0.39 is 0 Å². The van der Waals surface area contributed by atoms with Crippen LogP contribution >= 0.6 is 0 Å². The van der Waals surface area contributed by atoms with Crippen LogP contribution in [-0.4, -0.2) is 0 Å². The van der Waals surface area contributed by atoms with Gasteiger partial charge in [0.1, 0.15) is 0 Å². The Morgan fingerprint density at radius 2 is 1.05 bits per heavy atom. The Labute approximate surface area is 168 Å². The minimum absolute atomic E-state index is 0. The molecule has 0 amide bonds. The van der Waals surface area contributed by atoms with E-state index in [1.165, 1.54) is 11.1 Å². The Bertz CT molecular complexity index is 468. The summed E-state index contributed by atoms with van der Waals surface area (Å²) >= 11 is 0. The molecule has 0 radical (unpaired) electrons. The van der Waals surface area contributed by atoms with Crippen LogP contribution in [0.2, 0.25) is 0 Å². The fraction of sp³-hybridized carbons (Fsp3) is 0.667. The van der Waals surface area contributed by atoms with E-state index in [0.29, 0.717) is 0 Å². The maximum atomic E-state index is 12.4. The molecule has 0 bridgehead atoms. The predicted molar refractivity (Wildman–Crippen MR) is 82.0 cm³/mol. The quantitative estimate of drug-likeness (QED) is 0.668. The van der Waals surface area contributed by atoms with E-state index >= 15 is 0 Å². The van der Waals surface area contributed by atoms with Gasteiger partial charge in [0.2, 0.25) is 0 Å². The maximum Gasteiger partial charge on any atom is 1.00 e. The van der Waals surface area contributed by atoms with Gasteiger partial charge in [0.15, 0.2) is 0 Å². The van der Waals surface area contributed by atoms with Gasteiger partial charge in [-0.2, -0.15) is 0 Å². The normalized spacial score (nSPS) is 13.1. The zero-order valence-corrected chi connectivity index (χ0v) is 18.2. The van der Waals surface area contributed by atoms with E-state index in [1.54, 1.807) is 6.07 Å². The molecule has 0 aromatic heterocycles. The molecule has 0 fully saturated rings. The van der Waals surface area contributed by atoms with Crippen LogP contribution in [0.4, 0.5) is 0 Å². The van der Waals surface area contributed by atoms with Gasteiger partial charge in [-0.15, -0.1) is 5.75 Å². The Hall–Kier alpha value is 0.656. The van der Waals surface area contributed by atoms with Gasteiger partial charge in [-0.25, -0.2) is 0 Å². The summed E-state index contributed by atoms with van der Waals surface area (Å²) in [4.78, 5) is 0. The van der Waals surface area contributed by atoms with E-state index in [0.717, 1.165) is 5.56 Å². The SMILES string of the molecule is CC(C)(C)c1ccc([O-])c(C(C)(C)C)c1C(C)(C)C.[K+]. The van der Waals surface area contributed by atoms with Crippen molar-refractivity contribution in [1.29, 1.82) is 0 Å². The second-order valence-electron chi connectivity index (χ2n) is 8.61. The molecule has 108 valence electrons. The maximum absolute atomic E-state index is 12.4. The van der Waals surface area contributed by atoms with Crippen LogP contribution in [0.3, 0.4) is 0 Å². The van der Waals surface area contributed by atoms with Gasteiger partial charge in [-0.3, -0.25) is 0 Å². The van der Waals surface area contributed by atoms with Crippen molar-refractivity contribution < 1.29 is 56.5 Å². The number of hydrogen-bond acceptors (Lipinski definition) is 1. The summed E-state index contributed by atoms with van der Waals surface area (Å²) < 4.78 is 0. The molecule has 0 heterocycles. The first kappa shape index (κ1) is 20.7. The average Bonchev–Trinajstić information content (AvgIpc) is 2.11. The molecule has 1 aromatic rings. The van der Waals surface area contributed by atoms with Gasteiger partial charge in [0.25, 0.3) is 0 Å². The summed E-state index contributed by atoms with van der Waals surface area (Å²) in [5.41, 5.74) is 3.42. The molecule has 1 rings (SSSR count). The molecule has 0 saturated carbocycles. The summed E-state index contributed by atoms with van der Waals surface area (Å²) in [6, 6.07) is 3.77. The van der Waals surface area contributed by atoms with Crippen molar-refractivity contribution in [2.24, 2.45) is 0 Å². The zero-order valence-electron chi connectivity index (χ0n) is 15.1. The van der Waals surface area contributed by atoms with Gasteiger partial charge in [0.05, 0.1) is 0 Å². The average molecular weight is 301 g/mol. The van der Waals surface area contributed by atoms with Gasteiger partial charge in [0, 0.05) is 0 Å². The molecule has 1 aromatic carbocycles. The molecule has 0 spiro atoms. The first-order valence-corrected chi connectivity index (χ1v) is 7.11. The fourth-order valence-corrected chi connectivity index (χ4v) is 2.73. The standard InChI is InChI=1S/C18H30O.K/c1-16(2,3)12-10-11-13(19)15(18(7,8)9)14(12)17(4,5)6;/h10-11,19H,1-9H3;/q;+1/p-1. The minimum atomic E-state index is -0.124. The van der Waals surface area contributed by atoms with E-state index in [1.807, 2.05) is 6.07 Å². The van der Waals surface area contributed by atoms with Crippen molar-refractivity contribution in [3.8, 4) is 5.75 Å². The van der Waals surface area contributed by atoms with Gasteiger partial charge in [-0.1, -0.05) is 74.4 Å². The van der Waals surface area contributed by atoms with Crippen LogP contribution in [0.15, 0.2) is 12.1 Å². The molecular formula is C18H29KO. The van der Waals surface area contributed by atoms with Gasteiger partial charge >= 0.3 is 51.4 Å². The molecule has 2 heteroatoms. The first-order valence-electron chi connectivity index (χ1n) is 7.11. The Morgan fingerprint density at radius 1 is 0.650 bits per heavy atom.